The number of aromatic nitrogens is 2. The van der Waals surface area contributed by atoms with Crippen LogP contribution in [0.3, 0.4) is 0 Å². The van der Waals surface area contributed by atoms with Crippen LogP contribution in [0.4, 0.5) is 0 Å². The van der Waals surface area contributed by atoms with Crippen molar-refractivity contribution in [3.63, 3.8) is 0 Å². The highest BCUT2D eigenvalue weighted by atomic mass is 35.5. The van der Waals surface area contributed by atoms with E-state index < -0.39 is 0 Å². The fraction of sp³-hybridized carbons (Fsp3) is 0.429. The lowest BCUT2D eigenvalue weighted by molar-refractivity contribution is 0.346. The Labute approximate surface area is 117 Å². The molecule has 0 aliphatic heterocycles. The fourth-order valence-electron chi connectivity index (χ4n) is 2.00. The molecule has 0 aliphatic rings. The number of nitrogens with zero attached hydrogens (tertiary/aromatic N) is 2. The van der Waals surface area contributed by atoms with Crippen LogP contribution in [-0.2, 0) is 0 Å². The average Bonchev–Trinajstić information content (AvgIpc) is 2.89. The van der Waals surface area contributed by atoms with Crippen molar-refractivity contribution in [1.82, 2.24) is 10.1 Å². The van der Waals surface area contributed by atoms with Crippen molar-refractivity contribution >= 4 is 11.6 Å². The average molecular weight is 281 g/mol. The maximum absolute atomic E-state index is 6.01. The molecule has 0 aliphatic carbocycles. The van der Waals surface area contributed by atoms with Gasteiger partial charge in [0.15, 0.2) is 0 Å². The minimum Gasteiger partial charge on any atom is -0.496 e. The smallest absolute Gasteiger partial charge is 0.230 e. The first kappa shape index (κ1) is 13.9. The Morgan fingerprint density at radius 2 is 2.05 bits per heavy atom. The van der Waals surface area contributed by atoms with Gasteiger partial charge in [-0.25, -0.2) is 0 Å². The molecule has 0 radical (unpaired) electrons. The molecule has 2 aromatic rings. The summed E-state index contributed by atoms with van der Waals surface area (Å²) < 4.78 is 10.6. The van der Waals surface area contributed by atoms with Crippen LogP contribution in [0.5, 0.6) is 5.75 Å². The first-order valence-electron chi connectivity index (χ1n) is 6.37. The van der Waals surface area contributed by atoms with Gasteiger partial charge in [0.1, 0.15) is 5.75 Å². The van der Waals surface area contributed by atoms with E-state index in [-0.39, 0.29) is 0 Å². The van der Waals surface area contributed by atoms with Gasteiger partial charge >= 0.3 is 0 Å². The van der Waals surface area contributed by atoms with Gasteiger partial charge in [-0.2, -0.15) is 4.98 Å². The van der Waals surface area contributed by atoms with Gasteiger partial charge in [-0.05, 0) is 31.0 Å². The topological polar surface area (TPSA) is 48.2 Å². The van der Waals surface area contributed by atoms with Gasteiger partial charge in [-0.3, -0.25) is 0 Å². The molecular formula is C14H17ClN2O2. The van der Waals surface area contributed by atoms with E-state index >= 15 is 0 Å². The Morgan fingerprint density at radius 3 is 2.68 bits per heavy atom. The molecule has 0 N–H and O–H groups in total. The van der Waals surface area contributed by atoms with E-state index in [0.717, 1.165) is 18.4 Å². The minimum absolute atomic E-state index is 0.298. The summed E-state index contributed by atoms with van der Waals surface area (Å²) in [5.41, 5.74) is 0.746. The van der Waals surface area contributed by atoms with E-state index in [1.165, 1.54) is 0 Å². The van der Waals surface area contributed by atoms with E-state index in [1.807, 2.05) is 0 Å². The Morgan fingerprint density at radius 1 is 1.32 bits per heavy atom. The number of hydrogen-bond acceptors (Lipinski definition) is 4. The molecule has 0 fully saturated rings. The lowest BCUT2D eigenvalue weighted by Gasteiger charge is -2.05. The standard InChI is InChI=1S/C14H17ClN2O2/c1-4-9(5-2)14-16-13(17-19-14)11-8-10(15)6-7-12(11)18-3/h6-9H,4-5H2,1-3H3. The largest absolute Gasteiger partial charge is 0.496 e. The van der Waals surface area contributed by atoms with Crippen LogP contribution in [0.2, 0.25) is 5.02 Å². The number of ether oxygens (including phenoxy) is 1. The van der Waals surface area contributed by atoms with Crippen molar-refractivity contribution in [1.29, 1.82) is 0 Å². The van der Waals surface area contributed by atoms with Gasteiger partial charge in [0.05, 0.1) is 12.7 Å². The summed E-state index contributed by atoms with van der Waals surface area (Å²) in [6, 6.07) is 5.35. The van der Waals surface area contributed by atoms with Gasteiger partial charge in [0.2, 0.25) is 11.7 Å². The summed E-state index contributed by atoms with van der Waals surface area (Å²) in [6.07, 6.45) is 1.95. The van der Waals surface area contributed by atoms with Crippen LogP contribution in [0.25, 0.3) is 11.4 Å². The SMILES string of the molecule is CCC(CC)c1nc(-c2cc(Cl)ccc2OC)no1. The second-order valence-corrected chi connectivity index (χ2v) is 4.75. The monoisotopic (exact) mass is 280 g/mol. The zero-order valence-electron chi connectivity index (χ0n) is 11.3. The van der Waals surface area contributed by atoms with Crippen LogP contribution in [0, 0.1) is 0 Å². The van der Waals surface area contributed by atoms with Crippen LogP contribution >= 0.6 is 11.6 Å². The summed E-state index contributed by atoms with van der Waals surface area (Å²) in [6.45, 7) is 4.22. The zero-order chi connectivity index (χ0) is 13.8. The maximum Gasteiger partial charge on any atom is 0.230 e. The Bertz CT molecular complexity index is 550. The van der Waals surface area contributed by atoms with Crippen molar-refractivity contribution in [2.24, 2.45) is 0 Å². The quantitative estimate of drug-likeness (QED) is 0.819. The molecule has 0 atom stereocenters. The van der Waals surface area contributed by atoms with Crippen molar-refractivity contribution in [2.45, 2.75) is 32.6 Å². The first-order chi connectivity index (χ1) is 9.19. The van der Waals surface area contributed by atoms with Gasteiger partial charge in [0, 0.05) is 10.9 Å². The van der Waals surface area contributed by atoms with Crippen molar-refractivity contribution in [3.05, 3.63) is 29.1 Å². The molecule has 1 heterocycles. The van der Waals surface area contributed by atoms with E-state index in [9.17, 15) is 0 Å². The summed E-state index contributed by atoms with van der Waals surface area (Å²) in [5, 5.41) is 4.64. The first-order valence-corrected chi connectivity index (χ1v) is 6.74. The number of hydrogen-bond donors (Lipinski definition) is 0. The summed E-state index contributed by atoms with van der Waals surface area (Å²) in [5.74, 6) is 2.16. The molecule has 0 saturated carbocycles. The van der Waals surface area contributed by atoms with Crippen LogP contribution < -0.4 is 4.74 Å². The van der Waals surface area contributed by atoms with E-state index in [4.69, 9.17) is 20.9 Å². The summed E-state index contributed by atoms with van der Waals surface area (Å²) in [7, 11) is 1.61. The summed E-state index contributed by atoms with van der Waals surface area (Å²) in [4.78, 5) is 4.46. The highest BCUT2D eigenvalue weighted by Crippen LogP contribution is 2.32. The highest BCUT2D eigenvalue weighted by Gasteiger charge is 2.18. The molecule has 4 nitrogen and oxygen atoms in total. The van der Waals surface area contributed by atoms with Crippen LogP contribution in [-0.4, -0.2) is 17.3 Å². The van der Waals surface area contributed by atoms with Gasteiger partial charge in [0.25, 0.3) is 0 Å². The molecule has 5 heteroatoms. The second kappa shape index (κ2) is 6.06. The van der Waals surface area contributed by atoms with E-state index in [2.05, 4.69) is 24.0 Å². The Hall–Kier alpha value is -1.55. The highest BCUT2D eigenvalue weighted by molar-refractivity contribution is 6.30. The predicted molar refractivity (Wildman–Crippen MR) is 74.6 cm³/mol. The van der Waals surface area contributed by atoms with E-state index in [1.54, 1.807) is 25.3 Å². The summed E-state index contributed by atoms with van der Waals surface area (Å²) >= 11 is 6.01. The number of methoxy groups -OCH3 is 1. The zero-order valence-corrected chi connectivity index (χ0v) is 12.1. The van der Waals surface area contributed by atoms with Crippen LogP contribution in [0.15, 0.2) is 22.7 Å². The number of halogens is 1. The van der Waals surface area contributed by atoms with Crippen molar-refractivity contribution in [2.75, 3.05) is 7.11 Å². The van der Waals surface area contributed by atoms with Gasteiger partial charge in [-0.15, -0.1) is 0 Å². The number of rotatable bonds is 5. The third kappa shape index (κ3) is 2.89. The Kier molecular flexibility index (Phi) is 4.43. The normalized spacial score (nSPS) is 11.0. The van der Waals surface area contributed by atoms with Gasteiger partial charge in [-0.1, -0.05) is 30.6 Å². The van der Waals surface area contributed by atoms with Crippen molar-refractivity contribution in [3.8, 4) is 17.1 Å². The molecule has 0 bridgehead atoms. The molecule has 0 unspecified atom stereocenters. The van der Waals surface area contributed by atoms with Gasteiger partial charge < -0.3 is 9.26 Å². The molecule has 1 aromatic heterocycles. The third-order valence-electron chi connectivity index (χ3n) is 3.18. The van der Waals surface area contributed by atoms with Crippen LogP contribution in [0.1, 0.15) is 38.5 Å². The predicted octanol–water partition coefficient (Wildman–Crippen LogP) is 4.30. The molecule has 19 heavy (non-hydrogen) atoms. The molecule has 0 amide bonds. The second-order valence-electron chi connectivity index (χ2n) is 4.31. The molecule has 0 spiro atoms. The fourth-order valence-corrected chi connectivity index (χ4v) is 2.18. The number of benzene rings is 1. The van der Waals surface area contributed by atoms with Crippen molar-refractivity contribution < 1.29 is 9.26 Å². The molecule has 102 valence electrons. The Balaban J connectivity index is 2.40. The minimum atomic E-state index is 0.298. The third-order valence-corrected chi connectivity index (χ3v) is 3.41. The van der Waals surface area contributed by atoms with E-state index in [0.29, 0.717) is 28.4 Å². The lowest BCUT2D eigenvalue weighted by Crippen LogP contribution is -1.95. The lowest BCUT2D eigenvalue weighted by atomic mass is 10.0. The maximum atomic E-state index is 6.01. The molecule has 0 saturated heterocycles. The molecular weight excluding hydrogens is 264 g/mol. The molecule has 2 rings (SSSR count). The molecule has 1 aromatic carbocycles.